The van der Waals surface area contributed by atoms with Crippen molar-refractivity contribution in [1.29, 1.82) is 0 Å². The maximum atomic E-state index is 11.9. The lowest BCUT2D eigenvalue weighted by Crippen LogP contribution is -2.30. The molecule has 0 saturated carbocycles. The van der Waals surface area contributed by atoms with Crippen LogP contribution in [0.15, 0.2) is 24.3 Å². The molecule has 1 aromatic rings. The number of benzene rings is 1. The average molecular weight is 315 g/mol. The third kappa shape index (κ3) is 7.68. The van der Waals surface area contributed by atoms with Crippen LogP contribution in [0.5, 0.6) is 5.75 Å². The molecule has 0 atom stereocenters. The Kier molecular flexibility index (Phi) is 10.3. The lowest BCUT2D eigenvalue weighted by atomic mass is 10.1. The number of ether oxygens (including phenoxy) is 1. The van der Waals surface area contributed by atoms with Crippen molar-refractivity contribution in [3.05, 3.63) is 29.8 Å². The van der Waals surface area contributed by atoms with Crippen molar-refractivity contribution in [3.8, 4) is 5.75 Å². The molecule has 0 aliphatic heterocycles. The van der Waals surface area contributed by atoms with Gasteiger partial charge in [0.05, 0.1) is 6.61 Å². The van der Waals surface area contributed by atoms with Gasteiger partial charge in [0.1, 0.15) is 5.75 Å². The van der Waals surface area contributed by atoms with Gasteiger partial charge in [-0.3, -0.25) is 9.59 Å². The molecule has 1 aromatic carbocycles. The molecule has 0 heterocycles. The van der Waals surface area contributed by atoms with E-state index in [0.717, 1.165) is 12.3 Å². The second-order valence-corrected chi connectivity index (χ2v) is 4.33. The molecule has 0 radical (unpaired) electrons. The quantitative estimate of drug-likeness (QED) is 0.539. The number of nitrogens with one attached hydrogen (secondary N) is 2. The van der Waals surface area contributed by atoms with E-state index in [1.54, 1.807) is 24.3 Å². The zero-order chi connectivity index (χ0) is 14.8. The predicted octanol–water partition coefficient (Wildman–Crippen LogP) is 1.81. The second kappa shape index (κ2) is 11.1. The van der Waals surface area contributed by atoms with Crippen LogP contribution in [-0.2, 0) is 4.79 Å². The standard InChI is InChI=1S/C15H22N2O3.ClH/c1-3-20-13-6-4-12(5-7-13)14(18)8-9-15(19)17-11-10-16-2;/h4-7,16H,3,8-11H2,1-2H3,(H,17,19);1H. The summed E-state index contributed by atoms with van der Waals surface area (Å²) in [5.74, 6) is 0.616. The van der Waals surface area contributed by atoms with E-state index in [4.69, 9.17) is 4.74 Å². The third-order valence-corrected chi connectivity index (χ3v) is 2.76. The molecule has 2 N–H and O–H groups in total. The van der Waals surface area contributed by atoms with Crippen LogP contribution in [0.25, 0.3) is 0 Å². The highest BCUT2D eigenvalue weighted by atomic mass is 35.5. The summed E-state index contributed by atoms with van der Waals surface area (Å²) < 4.78 is 5.31. The Morgan fingerprint density at radius 1 is 1.10 bits per heavy atom. The first-order valence-corrected chi connectivity index (χ1v) is 6.84. The van der Waals surface area contributed by atoms with E-state index in [2.05, 4.69) is 10.6 Å². The van der Waals surface area contributed by atoms with Gasteiger partial charge in [-0.05, 0) is 38.2 Å². The highest BCUT2D eigenvalue weighted by Gasteiger charge is 2.09. The Morgan fingerprint density at radius 2 is 1.76 bits per heavy atom. The van der Waals surface area contributed by atoms with E-state index in [-0.39, 0.29) is 36.9 Å². The molecular formula is C15H23ClN2O3. The summed E-state index contributed by atoms with van der Waals surface area (Å²) >= 11 is 0. The van der Waals surface area contributed by atoms with Gasteiger partial charge in [0.15, 0.2) is 5.78 Å². The molecule has 0 unspecified atom stereocenters. The second-order valence-electron chi connectivity index (χ2n) is 4.33. The van der Waals surface area contributed by atoms with Crippen LogP contribution in [0.3, 0.4) is 0 Å². The molecule has 1 amide bonds. The first kappa shape index (κ1) is 19.4. The number of hydrogen-bond acceptors (Lipinski definition) is 4. The molecule has 0 aliphatic carbocycles. The molecule has 0 bridgehead atoms. The molecule has 6 heteroatoms. The third-order valence-electron chi connectivity index (χ3n) is 2.76. The number of hydrogen-bond donors (Lipinski definition) is 2. The molecule has 0 aromatic heterocycles. The normalized spacial score (nSPS) is 9.62. The Morgan fingerprint density at radius 3 is 2.33 bits per heavy atom. The lowest BCUT2D eigenvalue weighted by molar-refractivity contribution is -0.121. The first-order chi connectivity index (χ1) is 9.67. The molecule has 0 fully saturated rings. The van der Waals surface area contributed by atoms with E-state index < -0.39 is 0 Å². The molecule has 0 spiro atoms. The van der Waals surface area contributed by atoms with Crippen LogP contribution >= 0.6 is 12.4 Å². The Labute approximate surface area is 131 Å². The first-order valence-electron chi connectivity index (χ1n) is 6.84. The summed E-state index contributed by atoms with van der Waals surface area (Å²) in [6.45, 7) is 3.80. The van der Waals surface area contributed by atoms with Crippen molar-refractivity contribution in [2.24, 2.45) is 0 Å². The molecule has 5 nitrogen and oxygen atoms in total. The summed E-state index contributed by atoms with van der Waals surface area (Å²) in [5.41, 5.74) is 0.608. The molecule has 0 aliphatic rings. The summed E-state index contributed by atoms with van der Waals surface area (Å²) in [7, 11) is 1.82. The number of rotatable bonds is 9. The van der Waals surface area contributed by atoms with Crippen molar-refractivity contribution in [2.75, 3.05) is 26.7 Å². The van der Waals surface area contributed by atoms with E-state index in [1.807, 2.05) is 14.0 Å². The minimum absolute atomic E-state index is 0. The zero-order valence-corrected chi connectivity index (χ0v) is 13.3. The van der Waals surface area contributed by atoms with Gasteiger partial charge in [-0.15, -0.1) is 12.4 Å². The highest BCUT2D eigenvalue weighted by Crippen LogP contribution is 2.13. The Balaban J connectivity index is 0.00000400. The minimum atomic E-state index is -0.0977. The Bertz CT molecular complexity index is 435. The maximum absolute atomic E-state index is 11.9. The van der Waals surface area contributed by atoms with Crippen LogP contribution in [-0.4, -0.2) is 38.4 Å². The fraction of sp³-hybridized carbons (Fsp3) is 0.467. The van der Waals surface area contributed by atoms with Crippen LogP contribution in [0.2, 0.25) is 0 Å². The number of carbonyl (C=O) groups excluding carboxylic acids is 2. The van der Waals surface area contributed by atoms with E-state index >= 15 is 0 Å². The van der Waals surface area contributed by atoms with Crippen LogP contribution in [0, 0.1) is 0 Å². The number of halogens is 1. The fourth-order valence-corrected chi connectivity index (χ4v) is 1.69. The van der Waals surface area contributed by atoms with E-state index in [0.29, 0.717) is 18.7 Å². The number of carbonyl (C=O) groups is 2. The van der Waals surface area contributed by atoms with Crippen LogP contribution in [0.4, 0.5) is 0 Å². The summed E-state index contributed by atoms with van der Waals surface area (Å²) in [4.78, 5) is 23.4. The highest BCUT2D eigenvalue weighted by molar-refractivity contribution is 5.98. The van der Waals surface area contributed by atoms with Gasteiger partial charge >= 0.3 is 0 Å². The minimum Gasteiger partial charge on any atom is -0.494 e. The van der Waals surface area contributed by atoms with Gasteiger partial charge in [0.25, 0.3) is 0 Å². The van der Waals surface area contributed by atoms with Gasteiger partial charge in [-0.25, -0.2) is 0 Å². The number of ketones is 1. The van der Waals surface area contributed by atoms with E-state index in [1.165, 1.54) is 0 Å². The monoisotopic (exact) mass is 314 g/mol. The number of Topliss-reactive ketones (excluding diaryl/α,β-unsaturated/α-hetero) is 1. The molecule has 118 valence electrons. The van der Waals surface area contributed by atoms with E-state index in [9.17, 15) is 9.59 Å². The summed E-state index contributed by atoms with van der Waals surface area (Å²) in [6, 6.07) is 6.99. The zero-order valence-electron chi connectivity index (χ0n) is 12.5. The fourth-order valence-electron chi connectivity index (χ4n) is 1.69. The molecule has 21 heavy (non-hydrogen) atoms. The lowest BCUT2D eigenvalue weighted by Gasteiger charge is -2.06. The molecule has 0 saturated heterocycles. The average Bonchev–Trinajstić information content (AvgIpc) is 2.46. The van der Waals surface area contributed by atoms with Crippen molar-refractivity contribution in [2.45, 2.75) is 19.8 Å². The van der Waals surface area contributed by atoms with Crippen molar-refractivity contribution >= 4 is 24.1 Å². The van der Waals surface area contributed by atoms with Crippen molar-refractivity contribution < 1.29 is 14.3 Å². The maximum Gasteiger partial charge on any atom is 0.220 e. The van der Waals surface area contributed by atoms with Gasteiger partial charge in [-0.2, -0.15) is 0 Å². The molecular weight excluding hydrogens is 292 g/mol. The number of amides is 1. The number of likely N-dealkylation sites (N-methyl/N-ethyl adjacent to an activating group) is 1. The van der Waals surface area contributed by atoms with Crippen LogP contribution < -0.4 is 15.4 Å². The van der Waals surface area contributed by atoms with Gasteiger partial charge in [-0.1, -0.05) is 0 Å². The Hall–Kier alpha value is -1.59. The van der Waals surface area contributed by atoms with Crippen LogP contribution in [0.1, 0.15) is 30.1 Å². The smallest absolute Gasteiger partial charge is 0.220 e. The molecule has 1 rings (SSSR count). The summed E-state index contributed by atoms with van der Waals surface area (Å²) in [5, 5.41) is 5.68. The van der Waals surface area contributed by atoms with Crippen molar-refractivity contribution in [3.63, 3.8) is 0 Å². The van der Waals surface area contributed by atoms with Gasteiger partial charge in [0.2, 0.25) is 5.91 Å². The SMILES string of the molecule is CCOc1ccc(C(=O)CCC(=O)NCCNC)cc1.Cl. The van der Waals surface area contributed by atoms with Crippen molar-refractivity contribution in [1.82, 2.24) is 10.6 Å². The summed E-state index contributed by atoms with van der Waals surface area (Å²) in [6.07, 6.45) is 0.440. The van der Waals surface area contributed by atoms with Gasteiger partial charge in [0, 0.05) is 31.5 Å². The predicted molar refractivity (Wildman–Crippen MR) is 85.4 cm³/mol. The largest absolute Gasteiger partial charge is 0.494 e. The topological polar surface area (TPSA) is 67.4 Å². The van der Waals surface area contributed by atoms with Gasteiger partial charge < -0.3 is 15.4 Å².